The Kier molecular flexibility index (Phi) is 7.42. The van der Waals surface area contributed by atoms with Crippen LogP contribution in [0.5, 0.6) is 0 Å². The molecule has 0 spiro atoms. The average molecular weight is 523 g/mol. The summed E-state index contributed by atoms with van der Waals surface area (Å²) in [5.41, 5.74) is 1.47. The standard InChI is InChI=1S/C27H26N2O5S2/c1-4-20-16-23(27(31)34-5-2)26(35-20)28-25(30)22-14-18-8-6-7-9-19(18)15-24(22)29-36(32,33)21-12-10-17(3)11-13-21/h6-16,29H,4-5H2,1-3H3,(H,28,30). The van der Waals surface area contributed by atoms with Crippen LogP contribution in [0.4, 0.5) is 10.7 Å². The number of anilines is 2. The molecule has 1 aromatic heterocycles. The zero-order chi connectivity index (χ0) is 25.9. The summed E-state index contributed by atoms with van der Waals surface area (Å²) in [6, 6.07) is 18.8. The van der Waals surface area contributed by atoms with E-state index in [1.165, 1.54) is 23.5 Å². The Morgan fingerprint density at radius 1 is 0.917 bits per heavy atom. The molecule has 1 amide bonds. The normalized spacial score (nSPS) is 11.3. The van der Waals surface area contributed by atoms with Gasteiger partial charge in [-0.25, -0.2) is 13.2 Å². The van der Waals surface area contributed by atoms with Crippen molar-refractivity contribution in [1.82, 2.24) is 0 Å². The van der Waals surface area contributed by atoms with Crippen LogP contribution in [0.25, 0.3) is 10.8 Å². The van der Waals surface area contributed by atoms with Gasteiger partial charge in [0.05, 0.1) is 28.3 Å². The minimum absolute atomic E-state index is 0.0862. The molecule has 0 fully saturated rings. The number of amides is 1. The summed E-state index contributed by atoms with van der Waals surface area (Å²) in [5.74, 6) is -1.07. The monoisotopic (exact) mass is 522 g/mol. The summed E-state index contributed by atoms with van der Waals surface area (Å²) in [5, 5.41) is 4.70. The van der Waals surface area contributed by atoms with Crippen LogP contribution in [0.3, 0.4) is 0 Å². The van der Waals surface area contributed by atoms with E-state index in [1.807, 2.05) is 38.1 Å². The predicted molar refractivity (Wildman–Crippen MR) is 144 cm³/mol. The van der Waals surface area contributed by atoms with Crippen LogP contribution < -0.4 is 10.0 Å². The van der Waals surface area contributed by atoms with Crippen molar-refractivity contribution in [2.45, 2.75) is 32.1 Å². The highest BCUT2D eigenvalue weighted by molar-refractivity contribution is 7.92. The molecule has 0 saturated heterocycles. The van der Waals surface area contributed by atoms with E-state index in [2.05, 4.69) is 10.0 Å². The molecule has 0 aliphatic carbocycles. The number of esters is 1. The molecule has 9 heteroatoms. The molecule has 0 aliphatic rings. The molecule has 4 rings (SSSR count). The molecule has 186 valence electrons. The number of ether oxygens (including phenoxy) is 1. The van der Waals surface area contributed by atoms with Crippen molar-refractivity contribution in [2.75, 3.05) is 16.6 Å². The van der Waals surface area contributed by atoms with Crippen LogP contribution in [-0.2, 0) is 21.2 Å². The van der Waals surface area contributed by atoms with Crippen molar-refractivity contribution < 1.29 is 22.7 Å². The third kappa shape index (κ3) is 5.42. The lowest BCUT2D eigenvalue weighted by atomic mass is 10.0. The van der Waals surface area contributed by atoms with E-state index in [0.29, 0.717) is 11.4 Å². The summed E-state index contributed by atoms with van der Waals surface area (Å²) in [4.78, 5) is 26.9. The van der Waals surface area contributed by atoms with Crippen molar-refractivity contribution in [2.24, 2.45) is 0 Å². The van der Waals surface area contributed by atoms with Crippen molar-refractivity contribution in [3.63, 3.8) is 0 Å². The molecule has 0 saturated carbocycles. The highest BCUT2D eigenvalue weighted by atomic mass is 32.2. The molecule has 0 aliphatic heterocycles. The highest BCUT2D eigenvalue weighted by Crippen LogP contribution is 2.32. The summed E-state index contributed by atoms with van der Waals surface area (Å²) in [7, 11) is -3.96. The van der Waals surface area contributed by atoms with Gasteiger partial charge in [-0.15, -0.1) is 11.3 Å². The van der Waals surface area contributed by atoms with Crippen LogP contribution in [0, 0.1) is 6.92 Å². The first kappa shape index (κ1) is 25.4. The van der Waals surface area contributed by atoms with Crippen molar-refractivity contribution in [3.05, 3.63) is 88.3 Å². The molecular weight excluding hydrogens is 496 g/mol. The Morgan fingerprint density at radius 3 is 2.22 bits per heavy atom. The molecule has 7 nitrogen and oxygen atoms in total. The van der Waals surface area contributed by atoms with Gasteiger partial charge in [0.1, 0.15) is 5.00 Å². The van der Waals surface area contributed by atoms with Gasteiger partial charge in [-0.2, -0.15) is 0 Å². The maximum absolute atomic E-state index is 13.5. The van der Waals surface area contributed by atoms with E-state index in [-0.39, 0.29) is 28.3 Å². The van der Waals surface area contributed by atoms with Crippen molar-refractivity contribution in [3.8, 4) is 0 Å². The molecule has 0 radical (unpaired) electrons. The third-order valence-corrected chi connectivity index (χ3v) is 8.14. The fourth-order valence-electron chi connectivity index (χ4n) is 3.67. The summed E-state index contributed by atoms with van der Waals surface area (Å²) < 4.78 is 34.0. The fraction of sp³-hybridized carbons (Fsp3) is 0.185. The Hall–Kier alpha value is -3.69. The number of nitrogens with one attached hydrogen (secondary N) is 2. The molecular formula is C27H26N2O5S2. The Labute approximate surface area is 214 Å². The maximum Gasteiger partial charge on any atom is 0.341 e. The van der Waals surface area contributed by atoms with Gasteiger partial charge in [0.25, 0.3) is 15.9 Å². The smallest absolute Gasteiger partial charge is 0.341 e. The van der Waals surface area contributed by atoms with E-state index in [0.717, 1.165) is 21.2 Å². The van der Waals surface area contributed by atoms with E-state index < -0.39 is 21.9 Å². The van der Waals surface area contributed by atoms with Crippen LogP contribution >= 0.6 is 11.3 Å². The first-order chi connectivity index (χ1) is 17.2. The van der Waals surface area contributed by atoms with Gasteiger partial charge in [-0.05, 0) is 61.4 Å². The summed E-state index contributed by atoms with van der Waals surface area (Å²) in [6.45, 7) is 5.74. The average Bonchev–Trinajstić information content (AvgIpc) is 3.26. The SMILES string of the molecule is CCOC(=O)c1cc(CC)sc1NC(=O)c1cc2ccccc2cc1NS(=O)(=O)c1ccc(C)cc1. The van der Waals surface area contributed by atoms with Crippen LogP contribution in [0.2, 0.25) is 0 Å². The molecule has 36 heavy (non-hydrogen) atoms. The number of thiophene rings is 1. The number of fused-ring (bicyclic) bond motifs is 1. The number of hydrogen-bond donors (Lipinski definition) is 2. The quantitative estimate of drug-likeness (QED) is 0.276. The molecule has 0 bridgehead atoms. The first-order valence-corrected chi connectivity index (χ1v) is 13.7. The molecule has 2 N–H and O–H groups in total. The summed E-state index contributed by atoms with van der Waals surface area (Å²) in [6.07, 6.45) is 0.685. The fourth-order valence-corrected chi connectivity index (χ4v) is 5.72. The summed E-state index contributed by atoms with van der Waals surface area (Å²) >= 11 is 1.29. The molecule has 4 aromatic rings. The van der Waals surface area contributed by atoms with Gasteiger partial charge in [0.15, 0.2) is 0 Å². The number of carbonyl (C=O) groups is 2. The highest BCUT2D eigenvalue weighted by Gasteiger charge is 2.23. The van der Waals surface area contributed by atoms with Gasteiger partial charge < -0.3 is 10.1 Å². The third-order valence-electron chi connectivity index (χ3n) is 5.56. The van der Waals surface area contributed by atoms with E-state index in [4.69, 9.17) is 4.74 Å². The zero-order valence-corrected chi connectivity index (χ0v) is 21.8. The Bertz CT molecular complexity index is 1540. The zero-order valence-electron chi connectivity index (χ0n) is 20.1. The molecule has 1 heterocycles. The number of aryl methyl sites for hydroxylation is 2. The lowest BCUT2D eigenvalue weighted by Gasteiger charge is -2.15. The van der Waals surface area contributed by atoms with Crippen molar-refractivity contribution in [1.29, 1.82) is 0 Å². The Balaban J connectivity index is 1.75. The number of carbonyl (C=O) groups excluding carboxylic acids is 2. The van der Waals surface area contributed by atoms with Crippen LogP contribution in [0.1, 0.15) is 45.0 Å². The predicted octanol–water partition coefficient (Wildman–Crippen LogP) is 6.00. The van der Waals surface area contributed by atoms with Gasteiger partial charge in [0.2, 0.25) is 0 Å². The number of rotatable bonds is 8. The molecule has 0 atom stereocenters. The minimum atomic E-state index is -3.96. The topological polar surface area (TPSA) is 102 Å². The maximum atomic E-state index is 13.5. The second-order valence-electron chi connectivity index (χ2n) is 8.15. The first-order valence-electron chi connectivity index (χ1n) is 11.4. The van der Waals surface area contributed by atoms with E-state index in [1.54, 1.807) is 37.3 Å². The van der Waals surface area contributed by atoms with Gasteiger partial charge in [-0.1, -0.05) is 48.9 Å². The van der Waals surface area contributed by atoms with Gasteiger partial charge in [0, 0.05) is 4.88 Å². The largest absolute Gasteiger partial charge is 0.462 e. The minimum Gasteiger partial charge on any atom is -0.462 e. The number of hydrogen-bond acceptors (Lipinski definition) is 6. The molecule has 3 aromatic carbocycles. The second-order valence-corrected chi connectivity index (χ2v) is 11.0. The van der Waals surface area contributed by atoms with Crippen LogP contribution in [0.15, 0.2) is 71.6 Å². The Morgan fingerprint density at radius 2 is 1.58 bits per heavy atom. The molecule has 0 unspecified atom stereocenters. The van der Waals surface area contributed by atoms with Crippen molar-refractivity contribution >= 4 is 54.7 Å². The number of sulfonamides is 1. The van der Waals surface area contributed by atoms with Gasteiger partial charge in [-0.3, -0.25) is 9.52 Å². The van der Waals surface area contributed by atoms with E-state index >= 15 is 0 Å². The van der Waals surface area contributed by atoms with Crippen LogP contribution in [-0.4, -0.2) is 26.9 Å². The lowest BCUT2D eigenvalue weighted by Crippen LogP contribution is -2.19. The second kappa shape index (κ2) is 10.5. The van der Waals surface area contributed by atoms with E-state index in [9.17, 15) is 18.0 Å². The lowest BCUT2D eigenvalue weighted by molar-refractivity contribution is 0.0528. The number of benzene rings is 3. The van der Waals surface area contributed by atoms with Gasteiger partial charge >= 0.3 is 5.97 Å².